The first kappa shape index (κ1) is 11.9. The van der Waals surface area contributed by atoms with Gasteiger partial charge in [-0.3, -0.25) is 4.79 Å². The number of hydrogen-bond donors (Lipinski definition) is 2. The second-order valence-electron chi connectivity index (χ2n) is 4.41. The summed E-state index contributed by atoms with van der Waals surface area (Å²) in [4.78, 5) is 10.9. The molecular formula is C13H18N2O2. The Morgan fingerprint density at radius 2 is 2.18 bits per heavy atom. The number of nitrogens with two attached hydrogens (primary N) is 1. The lowest BCUT2D eigenvalue weighted by molar-refractivity contribution is 0.1000. The molecule has 1 saturated heterocycles. The Morgan fingerprint density at radius 1 is 1.41 bits per heavy atom. The Labute approximate surface area is 101 Å². The van der Waals surface area contributed by atoms with Gasteiger partial charge in [-0.1, -0.05) is 0 Å². The summed E-state index contributed by atoms with van der Waals surface area (Å²) in [5.74, 6) is 0.966. The van der Waals surface area contributed by atoms with Gasteiger partial charge < -0.3 is 15.8 Å². The third-order valence-electron chi connectivity index (χ3n) is 3.02. The number of primary amides is 1. The number of rotatable bonds is 4. The van der Waals surface area contributed by atoms with Crippen molar-refractivity contribution < 1.29 is 9.53 Å². The van der Waals surface area contributed by atoms with Crippen molar-refractivity contribution in [3.63, 3.8) is 0 Å². The average molecular weight is 234 g/mol. The molecule has 92 valence electrons. The first-order valence-corrected chi connectivity index (χ1v) is 5.99. The minimum Gasteiger partial charge on any atom is -0.493 e. The monoisotopic (exact) mass is 234 g/mol. The standard InChI is InChI=1S/C13H18N2O2/c14-13(16)11-3-5-12(6-4-11)17-9-10-2-1-7-15-8-10/h3-6,10,15H,1-2,7-9H2,(H2,14,16)/t10-/m1/s1. The van der Waals surface area contributed by atoms with E-state index >= 15 is 0 Å². The summed E-state index contributed by atoms with van der Waals surface area (Å²) in [5.41, 5.74) is 5.68. The number of nitrogens with one attached hydrogen (secondary N) is 1. The van der Waals surface area contributed by atoms with Gasteiger partial charge in [-0.25, -0.2) is 0 Å². The van der Waals surface area contributed by atoms with E-state index in [1.54, 1.807) is 24.3 Å². The van der Waals surface area contributed by atoms with Gasteiger partial charge in [0.25, 0.3) is 0 Å². The van der Waals surface area contributed by atoms with Gasteiger partial charge in [0.05, 0.1) is 6.61 Å². The predicted molar refractivity (Wildman–Crippen MR) is 66.0 cm³/mol. The summed E-state index contributed by atoms with van der Waals surface area (Å²) >= 11 is 0. The van der Waals surface area contributed by atoms with E-state index in [0.29, 0.717) is 11.5 Å². The Kier molecular flexibility index (Phi) is 3.98. The molecule has 1 heterocycles. The SMILES string of the molecule is NC(=O)c1ccc(OC[C@@H]2CCCNC2)cc1. The van der Waals surface area contributed by atoms with Gasteiger partial charge in [0.2, 0.25) is 5.91 Å². The second kappa shape index (κ2) is 5.68. The molecule has 1 atom stereocenters. The molecule has 0 radical (unpaired) electrons. The lowest BCUT2D eigenvalue weighted by Crippen LogP contribution is -2.33. The Balaban J connectivity index is 1.84. The van der Waals surface area contributed by atoms with E-state index in [4.69, 9.17) is 10.5 Å². The molecule has 1 aromatic carbocycles. The van der Waals surface area contributed by atoms with Crippen LogP contribution < -0.4 is 15.8 Å². The molecule has 4 heteroatoms. The zero-order valence-corrected chi connectivity index (χ0v) is 9.82. The van der Waals surface area contributed by atoms with Crippen LogP contribution in [-0.4, -0.2) is 25.6 Å². The highest BCUT2D eigenvalue weighted by Gasteiger charge is 2.13. The maximum Gasteiger partial charge on any atom is 0.248 e. The van der Waals surface area contributed by atoms with Crippen molar-refractivity contribution in [1.82, 2.24) is 5.32 Å². The maximum absolute atomic E-state index is 10.9. The minimum absolute atomic E-state index is 0.409. The molecule has 2 rings (SSSR count). The van der Waals surface area contributed by atoms with E-state index in [1.165, 1.54) is 12.8 Å². The zero-order valence-electron chi connectivity index (χ0n) is 9.82. The lowest BCUT2D eigenvalue weighted by Gasteiger charge is -2.22. The summed E-state index contributed by atoms with van der Waals surface area (Å²) in [7, 11) is 0. The van der Waals surface area contributed by atoms with Gasteiger partial charge in [-0.2, -0.15) is 0 Å². The van der Waals surface area contributed by atoms with Crippen LogP contribution in [0.4, 0.5) is 0 Å². The molecule has 1 aliphatic heterocycles. The minimum atomic E-state index is -0.409. The molecule has 0 unspecified atom stereocenters. The van der Waals surface area contributed by atoms with E-state index in [0.717, 1.165) is 25.4 Å². The van der Waals surface area contributed by atoms with E-state index < -0.39 is 5.91 Å². The third kappa shape index (κ3) is 3.46. The molecule has 1 aliphatic rings. The predicted octanol–water partition coefficient (Wildman–Crippen LogP) is 1.16. The van der Waals surface area contributed by atoms with Crippen molar-refractivity contribution in [2.45, 2.75) is 12.8 Å². The highest BCUT2D eigenvalue weighted by Crippen LogP contribution is 2.15. The molecule has 1 fully saturated rings. The Bertz CT molecular complexity index is 370. The smallest absolute Gasteiger partial charge is 0.248 e. The second-order valence-corrected chi connectivity index (χ2v) is 4.41. The van der Waals surface area contributed by atoms with Crippen LogP contribution in [0.15, 0.2) is 24.3 Å². The molecule has 0 spiro atoms. The highest BCUT2D eigenvalue weighted by molar-refractivity contribution is 5.92. The van der Waals surface area contributed by atoms with Crippen LogP contribution >= 0.6 is 0 Å². The molecule has 17 heavy (non-hydrogen) atoms. The number of piperidine rings is 1. The first-order chi connectivity index (χ1) is 8.25. The number of carbonyl (C=O) groups is 1. The Morgan fingerprint density at radius 3 is 2.76 bits per heavy atom. The molecule has 0 aliphatic carbocycles. The van der Waals surface area contributed by atoms with E-state index in [9.17, 15) is 4.79 Å². The van der Waals surface area contributed by atoms with Crippen molar-refractivity contribution in [2.24, 2.45) is 11.7 Å². The number of carbonyl (C=O) groups excluding carboxylic acids is 1. The number of hydrogen-bond acceptors (Lipinski definition) is 3. The topological polar surface area (TPSA) is 64.4 Å². The van der Waals surface area contributed by atoms with Crippen molar-refractivity contribution >= 4 is 5.91 Å². The van der Waals surface area contributed by atoms with Gasteiger partial charge in [0.1, 0.15) is 5.75 Å². The molecule has 1 amide bonds. The van der Waals surface area contributed by atoms with Crippen molar-refractivity contribution in [3.05, 3.63) is 29.8 Å². The summed E-state index contributed by atoms with van der Waals surface area (Å²) < 4.78 is 5.69. The molecule has 3 N–H and O–H groups in total. The van der Waals surface area contributed by atoms with Gasteiger partial charge in [-0.15, -0.1) is 0 Å². The van der Waals surface area contributed by atoms with Crippen LogP contribution in [0.1, 0.15) is 23.2 Å². The Hall–Kier alpha value is -1.55. The fourth-order valence-electron chi connectivity index (χ4n) is 2.00. The van der Waals surface area contributed by atoms with E-state index in [1.807, 2.05) is 0 Å². The molecule has 0 aromatic heterocycles. The number of ether oxygens (including phenoxy) is 1. The van der Waals surface area contributed by atoms with Crippen LogP contribution in [-0.2, 0) is 0 Å². The summed E-state index contributed by atoms with van der Waals surface area (Å²) in [6.07, 6.45) is 2.43. The van der Waals surface area contributed by atoms with Crippen LogP contribution in [0.25, 0.3) is 0 Å². The summed E-state index contributed by atoms with van der Waals surface area (Å²) in [6, 6.07) is 6.96. The molecule has 1 aromatic rings. The van der Waals surface area contributed by atoms with Crippen LogP contribution in [0.2, 0.25) is 0 Å². The van der Waals surface area contributed by atoms with Crippen LogP contribution in [0, 0.1) is 5.92 Å². The maximum atomic E-state index is 10.9. The lowest BCUT2D eigenvalue weighted by atomic mass is 10.0. The zero-order chi connectivity index (χ0) is 12.1. The van der Waals surface area contributed by atoms with E-state index in [-0.39, 0.29) is 0 Å². The van der Waals surface area contributed by atoms with Gasteiger partial charge in [-0.05, 0) is 43.7 Å². The molecular weight excluding hydrogens is 216 g/mol. The molecule has 0 saturated carbocycles. The van der Waals surface area contributed by atoms with Crippen molar-refractivity contribution in [1.29, 1.82) is 0 Å². The van der Waals surface area contributed by atoms with Gasteiger partial charge in [0.15, 0.2) is 0 Å². The normalized spacial score (nSPS) is 19.9. The third-order valence-corrected chi connectivity index (χ3v) is 3.02. The molecule has 0 bridgehead atoms. The highest BCUT2D eigenvalue weighted by atomic mass is 16.5. The summed E-state index contributed by atoms with van der Waals surface area (Å²) in [6.45, 7) is 2.87. The van der Waals surface area contributed by atoms with Crippen molar-refractivity contribution in [2.75, 3.05) is 19.7 Å². The largest absolute Gasteiger partial charge is 0.493 e. The fourth-order valence-corrected chi connectivity index (χ4v) is 2.00. The number of benzene rings is 1. The van der Waals surface area contributed by atoms with Gasteiger partial charge >= 0.3 is 0 Å². The quantitative estimate of drug-likeness (QED) is 0.821. The first-order valence-electron chi connectivity index (χ1n) is 5.99. The average Bonchev–Trinajstić information content (AvgIpc) is 2.38. The molecule has 4 nitrogen and oxygen atoms in total. The fraction of sp³-hybridized carbons (Fsp3) is 0.462. The van der Waals surface area contributed by atoms with Crippen LogP contribution in [0.3, 0.4) is 0 Å². The van der Waals surface area contributed by atoms with Gasteiger partial charge in [0, 0.05) is 18.0 Å². The number of amides is 1. The van der Waals surface area contributed by atoms with Crippen LogP contribution in [0.5, 0.6) is 5.75 Å². The van der Waals surface area contributed by atoms with E-state index in [2.05, 4.69) is 5.32 Å². The summed E-state index contributed by atoms with van der Waals surface area (Å²) in [5, 5.41) is 3.35. The van der Waals surface area contributed by atoms with Crippen molar-refractivity contribution in [3.8, 4) is 5.75 Å².